The number of benzene rings is 1. The largest absolute Gasteiger partial charge is 0.497 e. The Labute approximate surface area is 120 Å². The molecule has 0 heterocycles. The summed E-state index contributed by atoms with van der Waals surface area (Å²) in [7, 11) is 3.21. The van der Waals surface area contributed by atoms with Gasteiger partial charge in [-0.25, -0.2) is 4.79 Å². The summed E-state index contributed by atoms with van der Waals surface area (Å²) in [5.41, 5.74) is 0.933. The van der Waals surface area contributed by atoms with Crippen molar-refractivity contribution in [1.82, 2.24) is 10.6 Å². The molecule has 0 bridgehead atoms. The number of hydrogen-bond donors (Lipinski definition) is 2. The Kier molecular flexibility index (Phi) is 5.67. The second-order valence-electron chi connectivity index (χ2n) is 5.77. The van der Waals surface area contributed by atoms with E-state index >= 15 is 0 Å². The molecule has 0 fully saturated rings. The highest BCUT2D eigenvalue weighted by atomic mass is 16.5. The third kappa shape index (κ3) is 5.38. The van der Waals surface area contributed by atoms with Crippen LogP contribution in [0, 0.1) is 5.41 Å². The molecule has 20 heavy (non-hydrogen) atoms. The molecule has 112 valence electrons. The van der Waals surface area contributed by atoms with Gasteiger partial charge in [-0.15, -0.1) is 0 Å². The van der Waals surface area contributed by atoms with Gasteiger partial charge in [0.2, 0.25) is 0 Å². The molecular formula is C15H24N2O3. The molecule has 0 aliphatic carbocycles. The molecule has 2 N–H and O–H groups in total. The molecule has 1 aromatic carbocycles. The molecule has 0 aromatic heterocycles. The summed E-state index contributed by atoms with van der Waals surface area (Å²) in [5, 5.41) is 5.65. The number of rotatable bonds is 5. The number of hydrogen-bond acceptors (Lipinski definition) is 3. The van der Waals surface area contributed by atoms with Crippen molar-refractivity contribution in [3.05, 3.63) is 23.8 Å². The summed E-state index contributed by atoms with van der Waals surface area (Å²) in [5.74, 6) is 1.46. The number of methoxy groups -OCH3 is 2. The lowest BCUT2D eigenvalue weighted by molar-refractivity contribution is 0.235. The Hall–Kier alpha value is -1.91. The highest BCUT2D eigenvalue weighted by Gasteiger charge is 2.12. The Balaban J connectivity index is 2.58. The molecule has 1 aromatic rings. The second-order valence-corrected chi connectivity index (χ2v) is 5.77. The van der Waals surface area contributed by atoms with Crippen LogP contribution in [0.2, 0.25) is 0 Å². The van der Waals surface area contributed by atoms with E-state index in [2.05, 4.69) is 31.4 Å². The van der Waals surface area contributed by atoms with Crippen LogP contribution in [0.1, 0.15) is 26.3 Å². The number of carbonyl (C=O) groups excluding carboxylic acids is 1. The lowest BCUT2D eigenvalue weighted by Crippen LogP contribution is -2.39. The van der Waals surface area contributed by atoms with Crippen molar-refractivity contribution < 1.29 is 14.3 Å². The fraction of sp³-hybridized carbons (Fsp3) is 0.533. The minimum absolute atomic E-state index is 0.0605. The van der Waals surface area contributed by atoms with Gasteiger partial charge in [-0.05, 0) is 23.6 Å². The number of carbonyl (C=O) groups is 1. The van der Waals surface area contributed by atoms with Gasteiger partial charge >= 0.3 is 6.03 Å². The first-order valence-corrected chi connectivity index (χ1v) is 6.58. The maximum Gasteiger partial charge on any atom is 0.315 e. The van der Waals surface area contributed by atoms with Gasteiger partial charge in [0.25, 0.3) is 0 Å². The SMILES string of the molecule is COc1ccc(OC)c(CNC(=O)NCC(C)(C)C)c1. The van der Waals surface area contributed by atoms with E-state index in [4.69, 9.17) is 9.47 Å². The Morgan fingerprint density at radius 1 is 1.15 bits per heavy atom. The Morgan fingerprint density at radius 2 is 1.85 bits per heavy atom. The van der Waals surface area contributed by atoms with Gasteiger partial charge in [0, 0.05) is 18.7 Å². The van der Waals surface area contributed by atoms with Crippen LogP contribution >= 0.6 is 0 Å². The molecule has 5 nitrogen and oxygen atoms in total. The van der Waals surface area contributed by atoms with Crippen LogP contribution < -0.4 is 20.1 Å². The summed E-state index contributed by atoms with van der Waals surface area (Å²) in [6.07, 6.45) is 0. The van der Waals surface area contributed by atoms with Crippen LogP contribution in [0.15, 0.2) is 18.2 Å². The highest BCUT2D eigenvalue weighted by molar-refractivity contribution is 5.74. The summed E-state index contributed by atoms with van der Waals surface area (Å²) >= 11 is 0. The first-order chi connectivity index (χ1) is 9.35. The van der Waals surface area contributed by atoms with E-state index in [9.17, 15) is 4.79 Å². The first-order valence-electron chi connectivity index (χ1n) is 6.58. The van der Waals surface area contributed by atoms with Crippen molar-refractivity contribution in [2.45, 2.75) is 27.3 Å². The summed E-state index contributed by atoms with van der Waals surface area (Å²) in [6, 6.07) is 5.30. The molecule has 0 saturated carbocycles. The van der Waals surface area contributed by atoms with Crippen molar-refractivity contribution >= 4 is 6.03 Å². The number of ether oxygens (including phenoxy) is 2. The zero-order chi connectivity index (χ0) is 15.2. The van der Waals surface area contributed by atoms with Crippen LogP contribution in [-0.4, -0.2) is 26.8 Å². The average molecular weight is 280 g/mol. The van der Waals surface area contributed by atoms with E-state index in [1.165, 1.54) is 0 Å². The van der Waals surface area contributed by atoms with Gasteiger partial charge in [-0.1, -0.05) is 20.8 Å². The topological polar surface area (TPSA) is 59.6 Å². The van der Waals surface area contributed by atoms with E-state index in [0.29, 0.717) is 13.1 Å². The maximum atomic E-state index is 11.7. The maximum absolute atomic E-state index is 11.7. The van der Waals surface area contributed by atoms with E-state index in [-0.39, 0.29) is 11.4 Å². The lowest BCUT2D eigenvalue weighted by atomic mass is 9.97. The van der Waals surface area contributed by atoms with Crippen LogP contribution in [0.5, 0.6) is 11.5 Å². The molecular weight excluding hydrogens is 256 g/mol. The molecule has 0 atom stereocenters. The minimum Gasteiger partial charge on any atom is -0.497 e. The van der Waals surface area contributed by atoms with Crippen LogP contribution in [0.3, 0.4) is 0 Å². The van der Waals surface area contributed by atoms with Crippen molar-refractivity contribution in [2.24, 2.45) is 5.41 Å². The summed E-state index contributed by atoms with van der Waals surface area (Å²) in [6.45, 7) is 7.21. The Morgan fingerprint density at radius 3 is 2.40 bits per heavy atom. The van der Waals surface area contributed by atoms with E-state index < -0.39 is 0 Å². The molecule has 0 spiro atoms. The molecule has 5 heteroatoms. The second kappa shape index (κ2) is 7.03. The number of urea groups is 1. The van der Waals surface area contributed by atoms with Gasteiger partial charge in [0.1, 0.15) is 11.5 Å². The highest BCUT2D eigenvalue weighted by Crippen LogP contribution is 2.23. The van der Waals surface area contributed by atoms with Gasteiger partial charge in [-0.2, -0.15) is 0 Å². The van der Waals surface area contributed by atoms with E-state index in [0.717, 1.165) is 17.1 Å². The zero-order valence-corrected chi connectivity index (χ0v) is 12.9. The number of amides is 2. The van der Waals surface area contributed by atoms with Crippen molar-refractivity contribution in [1.29, 1.82) is 0 Å². The molecule has 0 aliphatic rings. The van der Waals surface area contributed by atoms with E-state index in [1.807, 2.05) is 18.2 Å². The molecule has 0 radical (unpaired) electrons. The van der Waals surface area contributed by atoms with E-state index in [1.54, 1.807) is 14.2 Å². The molecule has 0 aliphatic heterocycles. The monoisotopic (exact) mass is 280 g/mol. The smallest absolute Gasteiger partial charge is 0.315 e. The predicted octanol–water partition coefficient (Wildman–Crippen LogP) is 2.55. The molecule has 1 rings (SSSR count). The minimum atomic E-state index is -0.190. The fourth-order valence-electron chi connectivity index (χ4n) is 1.60. The van der Waals surface area contributed by atoms with Gasteiger partial charge < -0.3 is 20.1 Å². The van der Waals surface area contributed by atoms with Crippen molar-refractivity contribution in [3.8, 4) is 11.5 Å². The quantitative estimate of drug-likeness (QED) is 0.871. The summed E-state index contributed by atoms with van der Waals surface area (Å²) < 4.78 is 10.4. The molecule has 0 saturated heterocycles. The van der Waals surface area contributed by atoms with Crippen LogP contribution in [-0.2, 0) is 6.54 Å². The zero-order valence-electron chi connectivity index (χ0n) is 12.9. The standard InChI is InChI=1S/C15H24N2O3/c1-15(2,3)10-17-14(18)16-9-11-8-12(19-4)6-7-13(11)20-5/h6-8H,9-10H2,1-5H3,(H2,16,17,18). The molecule has 2 amide bonds. The predicted molar refractivity (Wildman–Crippen MR) is 79.2 cm³/mol. The average Bonchev–Trinajstić information content (AvgIpc) is 2.41. The van der Waals surface area contributed by atoms with Crippen molar-refractivity contribution in [2.75, 3.05) is 20.8 Å². The van der Waals surface area contributed by atoms with Crippen LogP contribution in [0.25, 0.3) is 0 Å². The third-order valence-corrected chi connectivity index (χ3v) is 2.71. The molecule has 0 unspecified atom stereocenters. The number of nitrogens with one attached hydrogen (secondary N) is 2. The normalized spacial score (nSPS) is 10.8. The van der Waals surface area contributed by atoms with Gasteiger partial charge in [-0.3, -0.25) is 0 Å². The fourth-order valence-corrected chi connectivity index (χ4v) is 1.60. The Bertz CT molecular complexity index is 453. The van der Waals surface area contributed by atoms with Crippen LogP contribution in [0.4, 0.5) is 4.79 Å². The van der Waals surface area contributed by atoms with Gasteiger partial charge in [0.15, 0.2) is 0 Å². The van der Waals surface area contributed by atoms with Gasteiger partial charge in [0.05, 0.1) is 14.2 Å². The summed E-state index contributed by atoms with van der Waals surface area (Å²) in [4.78, 5) is 11.7. The lowest BCUT2D eigenvalue weighted by Gasteiger charge is -2.19. The van der Waals surface area contributed by atoms with Crippen molar-refractivity contribution in [3.63, 3.8) is 0 Å². The first kappa shape index (κ1) is 16.1. The third-order valence-electron chi connectivity index (χ3n) is 2.71.